The summed E-state index contributed by atoms with van der Waals surface area (Å²) in [5.74, 6) is -1.82. The molecule has 0 saturated heterocycles. The van der Waals surface area contributed by atoms with E-state index in [1.807, 2.05) is 0 Å². The fraction of sp³-hybridized carbons (Fsp3) is 0.417. The summed E-state index contributed by atoms with van der Waals surface area (Å²) in [5, 5.41) is 18.0. The Hall–Kier alpha value is -1.47. The van der Waals surface area contributed by atoms with E-state index in [1.54, 1.807) is 0 Å². The number of rotatable bonds is 6. The van der Waals surface area contributed by atoms with Crippen LogP contribution in [0.15, 0.2) is 18.2 Å². The molecule has 0 aromatic heterocycles. The molecule has 0 aliphatic rings. The first kappa shape index (κ1) is 16.6. The van der Waals surface area contributed by atoms with E-state index in [0.717, 1.165) is 6.07 Å². The summed E-state index contributed by atoms with van der Waals surface area (Å²) in [4.78, 5) is 10.6. The van der Waals surface area contributed by atoms with Gasteiger partial charge in [-0.15, -0.1) is 24.8 Å². The first-order valence-electron chi connectivity index (χ1n) is 5.60. The average molecular weight is 313 g/mol. The van der Waals surface area contributed by atoms with Gasteiger partial charge < -0.3 is 14.9 Å². The van der Waals surface area contributed by atoms with Crippen molar-refractivity contribution < 1.29 is 32.9 Å². The maximum absolute atomic E-state index is 12.3. The van der Waals surface area contributed by atoms with Crippen LogP contribution in [0.1, 0.15) is 23.7 Å². The molecule has 8 heteroatoms. The minimum absolute atomic E-state index is 0.189. The van der Waals surface area contributed by atoms with E-state index in [9.17, 15) is 23.1 Å². The van der Waals surface area contributed by atoms with Crippen LogP contribution in [-0.2, 0) is 11.2 Å². The first-order chi connectivity index (χ1) is 9.24. The van der Waals surface area contributed by atoms with Gasteiger partial charge in [-0.05, 0) is 30.0 Å². The largest absolute Gasteiger partial charge is 0.573 e. The highest BCUT2D eigenvalue weighted by atomic mass is 35.5. The predicted octanol–water partition coefficient (Wildman–Crippen LogP) is 2.87. The molecule has 1 atom stereocenters. The van der Waals surface area contributed by atoms with Crippen LogP contribution in [0.4, 0.5) is 13.2 Å². The topological polar surface area (TPSA) is 66.8 Å². The number of carboxylic acids is 1. The molecule has 0 heterocycles. The molecular weight excluding hydrogens is 301 g/mol. The van der Waals surface area contributed by atoms with Gasteiger partial charge in [0.1, 0.15) is 5.75 Å². The van der Waals surface area contributed by atoms with Crippen LogP contribution in [0.25, 0.3) is 0 Å². The van der Waals surface area contributed by atoms with Gasteiger partial charge in [-0.1, -0.05) is 12.1 Å². The van der Waals surface area contributed by atoms with Crippen molar-refractivity contribution in [3.05, 3.63) is 29.3 Å². The summed E-state index contributed by atoms with van der Waals surface area (Å²) in [7, 11) is 0. The van der Waals surface area contributed by atoms with Crippen molar-refractivity contribution in [1.29, 1.82) is 0 Å². The Morgan fingerprint density at radius 2 is 2.05 bits per heavy atom. The summed E-state index contributed by atoms with van der Waals surface area (Å²) in [6, 6.07) is 3.40. The lowest BCUT2D eigenvalue weighted by molar-refractivity contribution is -0.274. The van der Waals surface area contributed by atoms with Gasteiger partial charge in [-0.3, -0.25) is 0 Å². The number of aliphatic carboxylic acids is 1. The van der Waals surface area contributed by atoms with E-state index >= 15 is 0 Å². The molecule has 4 nitrogen and oxygen atoms in total. The van der Waals surface area contributed by atoms with E-state index in [-0.39, 0.29) is 23.4 Å². The van der Waals surface area contributed by atoms with Crippen molar-refractivity contribution in [2.45, 2.75) is 25.3 Å². The second kappa shape index (κ2) is 6.81. The van der Waals surface area contributed by atoms with Gasteiger partial charge in [0, 0.05) is 5.88 Å². The van der Waals surface area contributed by atoms with E-state index in [4.69, 9.17) is 16.7 Å². The summed E-state index contributed by atoms with van der Waals surface area (Å²) in [5.41, 5.74) is 0.0516. The number of hydrogen-bond acceptors (Lipinski definition) is 3. The molecule has 2 N–H and O–H groups in total. The van der Waals surface area contributed by atoms with Crippen LogP contribution < -0.4 is 4.74 Å². The van der Waals surface area contributed by atoms with E-state index in [2.05, 4.69) is 4.74 Å². The smallest absolute Gasteiger partial charge is 0.479 e. The number of aryl methyl sites for hydroxylation is 1. The lowest BCUT2D eigenvalue weighted by Crippen LogP contribution is -2.19. The molecule has 1 unspecified atom stereocenters. The normalized spacial score (nSPS) is 13.1. The third-order valence-corrected chi connectivity index (χ3v) is 2.71. The fourth-order valence-corrected chi connectivity index (χ4v) is 1.70. The van der Waals surface area contributed by atoms with E-state index in [0.29, 0.717) is 6.42 Å². The summed E-state index contributed by atoms with van der Waals surface area (Å²) in [6.45, 7) is 0. The molecule has 0 aliphatic heterocycles. The number of halogens is 4. The Kier molecular flexibility index (Phi) is 5.64. The van der Waals surface area contributed by atoms with Gasteiger partial charge in [0.2, 0.25) is 0 Å². The zero-order valence-corrected chi connectivity index (χ0v) is 10.9. The number of carbonyl (C=O) groups is 1. The summed E-state index contributed by atoms with van der Waals surface area (Å²) >= 11 is 5.48. The molecule has 1 rings (SSSR count). The highest BCUT2D eigenvalue weighted by molar-refractivity contribution is 6.17. The molecule has 0 fully saturated rings. The first-order valence-corrected chi connectivity index (χ1v) is 6.13. The quantitative estimate of drug-likeness (QED) is 0.793. The second-order valence-electron chi connectivity index (χ2n) is 3.95. The number of alkyl halides is 4. The number of ether oxygens (including phenoxy) is 1. The van der Waals surface area contributed by atoms with Gasteiger partial charge >= 0.3 is 12.3 Å². The van der Waals surface area contributed by atoms with Crippen molar-refractivity contribution >= 4 is 17.6 Å². The molecule has 0 bridgehead atoms. The maximum Gasteiger partial charge on any atom is 0.573 e. The molecule has 0 saturated carbocycles. The van der Waals surface area contributed by atoms with Gasteiger partial charge in [0.15, 0.2) is 6.10 Å². The Bertz CT molecular complexity index is 476. The van der Waals surface area contributed by atoms with Crippen LogP contribution in [0.5, 0.6) is 5.75 Å². The highest BCUT2D eigenvalue weighted by Gasteiger charge is 2.32. The fourth-order valence-electron chi connectivity index (χ4n) is 1.57. The van der Waals surface area contributed by atoms with Crippen molar-refractivity contribution in [3.63, 3.8) is 0 Å². The monoisotopic (exact) mass is 312 g/mol. The number of hydrogen-bond donors (Lipinski definition) is 2. The molecule has 1 aromatic carbocycles. The Morgan fingerprint density at radius 1 is 1.40 bits per heavy atom. The van der Waals surface area contributed by atoms with Gasteiger partial charge in [0.05, 0.1) is 0 Å². The van der Waals surface area contributed by atoms with Crippen molar-refractivity contribution in [2.75, 3.05) is 5.88 Å². The summed E-state index contributed by atoms with van der Waals surface area (Å²) < 4.78 is 40.8. The van der Waals surface area contributed by atoms with Crippen molar-refractivity contribution in [2.24, 2.45) is 0 Å². The third kappa shape index (κ3) is 4.90. The van der Waals surface area contributed by atoms with Gasteiger partial charge in [-0.25, -0.2) is 4.79 Å². The van der Waals surface area contributed by atoms with Crippen LogP contribution in [-0.4, -0.2) is 28.4 Å². The second-order valence-corrected chi connectivity index (χ2v) is 4.33. The molecule has 0 amide bonds. The molecule has 1 aromatic rings. The zero-order valence-electron chi connectivity index (χ0n) is 10.2. The van der Waals surface area contributed by atoms with Crippen molar-refractivity contribution in [3.8, 4) is 5.75 Å². The lowest BCUT2D eigenvalue weighted by Gasteiger charge is -2.15. The molecule has 20 heavy (non-hydrogen) atoms. The lowest BCUT2D eigenvalue weighted by atomic mass is 10.0. The molecule has 112 valence electrons. The summed E-state index contributed by atoms with van der Waals surface area (Å²) in [6.07, 6.45) is -6.12. The van der Waals surface area contributed by atoms with Crippen molar-refractivity contribution in [1.82, 2.24) is 0 Å². The number of carboxylic acid groups (broad SMARTS) is 1. The van der Waals surface area contributed by atoms with Gasteiger partial charge in [0.25, 0.3) is 0 Å². The van der Waals surface area contributed by atoms with E-state index in [1.165, 1.54) is 12.1 Å². The Balaban J connectivity index is 3.10. The van der Waals surface area contributed by atoms with Crippen LogP contribution >= 0.6 is 11.6 Å². The van der Waals surface area contributed by atoms with Gasteiger partial charge in [-0.2, -0.15) is 0 Å². The minimum Gasteiger partial charge on any atom is -0.479 e. The number of aliphatic hydroxyl groups excluding tert-OH is 1. The molecule has 0 spiro atoms. The molecule has 0 aliphatic carbocycles. The van der Waals surface area contributed by atoms with Crippen LogP contribution in [0.3, 0.4) is 0 Å². The Labute approximate surface area is 117 Å². The minimum atomic E-state index is -4.90. The highest BCUT2D eigenvalue weighted by Crippen LogP contribution is 2.30. The number of aliphatic hydroxyl groups is 1. The SMILES string of the molecule is O=C(O)C(O)c1ccc(CCCCl)c(OC(F)(F)F)c1. The predicted molar refractivity (Wildman–Crippen MR) is 64.8 cm³/mol. The third-order valence-electron chi connectivity index (χ3n) is 2.45. The van der Waals surface area contributed by atoms with E-state index < -0.39 is 24.2 Å². The Morgan fingerprint density at radius 3 is 2.55 bits per heavy atom. The van der Waals surface area contributed by atoms with Crippen LogP contribution in [0, 0.1) is 0 Å². The molecular formula is C12H12ClF3O4. The standard InChI is InChI=1S/C12H12ClF3O4/c13-5-1-2-7-3-4-8(10(17)11(18)19)6-9(7)20-12(14,15)16/h3-4,6,10,17H,1-2,5H2,(H,18,19). The molecule has 0 radical (unpaired) electrons. The van der Waals surface area contributed by atoms with Crippen LogP contribution in [0.2, 0.25) is 0 Å². The maximum atomic E-state index is 12.3. The number of benzene rings is 1. The average Bonchev–Trinajstić information content (AvgIpc) is 2.34. The zero-order chi connectivity index (χ0) is 15.3.